The monoisotopic (exact) mass is 268 g/mol. The number of likely N-dealkylation sites (tertiary alicyclic amines) is 1. The maximum atomic E-state index is 13.8. The van der Waals surface area contributed by atoms with Crippen molar-refractivity contribution in [3.63, 3.8) is 0 Å². The van der Waals surface area contributed by atoms with Gasteiger partial charge >= 0.3 is 0 Å². The average molecular weight is 268 g/mol. The van der Waals surface area contributed by atoms with E-state index in [1.807, 2.05) is 14.0 Å². The van der Waals surface area contributed by atoms with Crippen LogP contribution in [-0.2, 0) is 0 Å². The summed E-state index contributed by atoms with van der Waals surface area (Å²) in [5, 5.41) is 3.20. The van der Waals surface area contributed by atoms with Gasteiger partial charge in [-0.1, -0.05) is 0 Å². The quantitative estimate of drug-likeness (QED) is 0.903. The molecule has 0 amide bonds. The van der Waals surface area contributed by atoms with E-state index in [9.17, 15) is 8.78 Å². The lowest BCUT2D eigenvalue weighted by atomic mass is 9.94. The predicted molar refractivity (Wildman–Crippen MR) is 73.0 cm³/mol. The Labute approximate surface area is 113 Å². The lowest BCUT2D eigenvalue weighted by Crippen LogP contribution is -2.38. The Hall–Kier alpha value is -1.00. The van der Waals surface area contributed by atoms with Crippen LogP contribution in [-0.4, -0.2) is 31.6 Å². The highest BCUT2D eigenvalue weighted by atomic mass is 19.1. The van der Waals surface area contributed by atoms with Crippen LogP contribution >= 0.6 is 0 Å². The molecule has 0 saturated carbocycles. The van der Waals surface area contributed by atoms with Gasteiger partial charge in [-0.25, -0.2) is 8.78 Å². The Bertz CT molecular complexity index is 415. The van der Waals surface area contributed by atoms with E-state index in [1.54, 1.807) is 0 Å². The second-order valence-corrected chi connectivity index (χ2v) is 5.38. The minimum atomic E-state index is -0.367. The first-order chi connectivity index (χ1) is 9.11. The van der Waals surface area contributed by atoms with Gasteiger partial charge in [0, 0.05) is 11.6 Å². The fourth-order valence-electron chi connectivity index (χ4n) is 2.86. The van der Waals surface area contributed by atoms with Crippen LogP contribution in [0.3, 0.4) is 0 Å². The van der Waals surface area contributed by atoms with Crippen LogP contribution in [0.1, 0.15) is 31.4 Å². The SMILES string of the molecule is CNCC1CCN(C(C)c2cc(F)ccc2F)CC1. The van der Waals surface area contributed by atoms with Gasteiger partial charge in [-0.2, -0.15) is 0 Å². The molecule has 1 aromatic rings. The first kappa shape index (κ1) is 14.4. The predicted octanol–water partition coefficient (Wildman–Crippen LogP) is 2.96. The Balaban J connectivity index is 2.01. The molecule has 1 saturated heterocycles. The van der Waals surface area contributed by atoms with Crippen molar-refractivity contribution in [1.29, 1.82) is 0 Å². The maximum absolute atomic E-state index is 13.8. The molecule has 0 aromatic heterocycles. The van der Waals surface area contributed by atoms with Crippen LogP contribution in [0.4, 0.5) is 8.78 Å². The molecule has 106 valence electrons. The first-order valence-electron chi connectivity index (χ1n) is 6.95. The minimum absolute atomic E-state index is 0.0637. The summed E-state index contributed by atoms with van der Waals surface area (Å²) < 4.78 is 27.0. The summed E-state index contributed by atoms with van der Waals surface area (Å²) in [7, 11) is 1.97. The van der Waals surface area contributed by atoms with Gasteiger partial charge in [-0.15, -0.1) is 0 Å². The van der Waals surface area contributed by atoms with Gasteiger partial charge in [0.15, 0.2) is 0 Å². The molecule has 4 heteroatoms. The molecule has 2 rings (SSSR count). The van der Waals surface area contributed by atoms with E-state index in [0.29, 0.717) is 11.5 Å². The van der Waals surface area contributed by atoms with Crippen molar-refractivity contribution in [2.45, 2.75) is 25.8 Å². The molecule has 1 heterocycles. The third kappa shape index (κ3) is 3.51. The molecular weight excluding hydrogens is 246 g/mol. The van der Waals surface area contributed by atoms with E-state index in [-0.39, 0.29) is 17.7 Å². The standard InChI is InChI=1S/C15H22F2N2/c1-11(14-9-13(16)3-4-15(14)17)19-7-5-12(6-8-19)10-18-2/h3-4,9,11-12,18H,5-8,10H2,1-2H3. The van der Waals surface area contributed by atoms with Crippen LogP contribution in [0, 0.1) is 17.6 Å². The normalized spacial score (nSPS) is 19.6. The molecule has 2 nitrogen and oxygen atoms in total. The van der Waals surface area contributed by atoms with E-state index in [1.165, 1.54) is 18.2 Å². The summed E-state index contributed by atoms with van der Waals surface area (Å²) in [6, 6.07) is 3.64. The second kappa shape index (κ2) is 6.44. The summed E-state index contributed by atoms with van der Waals surface area (Å²) in [4.78, 5) is 2.24. The van der Waals surface area contributed by atoms with Crippen LogP contribution in [0.25, 0.3) is 0 Å². The summed E-state index contributed by atoms with van der Waals surface area (Å²) >= 11 is 0. The third-order valence-corrected chi connectivity index (χ3v) is 4.10. The summed E-state index contributed by atoms with van der Waals surface area (Å²) in [6.07, 6.45) is 2.23. The molecule has 1 N–H and O–H groups in total. The molecule has 1 aromatic carbocycles. The Morgan fingerprint density at radius 1 is 1.32 bits per heavy atom. The van der Waals surface area contributed by atoms with Gasteiger partial charge in [-0.05, 0) is 70.6 Å². The Morgan fingerprint density at radius 3 is 2.63 bits per heavy atom. The molecular formula is C15H22F2N2. The van der Waals surface area contributed by atoms with E-state index in [2.05, 4.69) is 10.2 Å². The largest absolute Gasteiger partial charge is 0.319 e. The number of hydrogen-bond acceptors (Lipinski definition) is 2. The number of rotatable bonds is 4. The van der Waals surface area contributed by atoms with Crippen molar-refractivity contribution in [3.05, 3.63) is 35.4 Å². The Kier molecular flexibility index (Phi) is 4.88. The maximum Gasteiger partial charge on any atom is 0.128 e. The smallest absolute Gasteiger partial charge is 0.128 e. The highest BCUT2D eigenvalue weighted by molar-refractivity contribution is 5.22. The lowest BCUT2D eigenvalue weighted by Gasteiger charge is -2.36. The number of benzene rings is 1. The van der Waals surface area contributed by atoms with E-state index in [0.717, 1.165) is 32.5 Å². The van der Waals surface area contributed by atoms with Crippen molar-refractivity contribution >= 4 is 0 Å². The molecule has 1 aliphatic heterocycles. The van der Waals surface area contributed by atoms with Gasteiger partial charge in [0.1, 0.15) is 11.6 Å². The number of piperidine rings is 1. The third-order valence-electron chi connectivity index (χ3n) is 4.10. The van der Waals surface area contributed by atoms with E-state index in [4.69, 9.17) is 0 Å². The van der Waals surface area contributed by atoms with E-state index >= 15 is 0 Å². The number of hydrogen-bond donors (Lipinski definition) is 1. The van der Waals surface area contributed by atoms with Gasteiger partial charge < -0.3 is 5.32 Å². The highest BCUT2D eigenvalue weighted by Gasteiger charge is 2.24. The molecule has 0 bridgehead atoms. The first-order valence-corrected chi connectivity index (χ1v) is 6.95. The van der Waals surface area contributed by atoms with Gasteiger partial charge in [0.2, 0.25) is 0 Å². The fraction of sp³-hybridized carbons (Fsp3) is 0.600. The number of nitrogens with zero attached hydrogens (tertiary/aromatic N) is 1. The van der Waals surface area contributed by atoms with Crippen LogP contribution in [0.5, 0.6) is 0 Å². The highest BCUT2D eigenvalue weighted by Crippen LogP contribution is 2.28. The van der Waals surface area contributed by atoms with E-state index < -0.39 is 0 Å². The van der Waals surface area contributed by atoms with Gasteiger partial charge in [0.25, 0.3) is 0 Å². The molecule has 0 radical (unpaired) electrons. The summed E-state index contributed by atoms with van der Waals surface area (Å²) in [5.41, 5.74) is 0.465. The lowest BCUT2D eigenvalue weighted by molar-refractivity contribution is 0.138. The zero-order valence-corrected chi connectivity index (χ0v) is 11.6. The Morgan fingerprint density at radius 2 is 2.00 bits per heavy atom. The average Bonchev–Trinajstić information content (AvgIpc) is 2.42. The second-order valence-electron chi connectivity index (χ2n) is 5.38. The van der Waals surface area contributed by atoms with Crippen molar-refractivity contribution in [1.82, 2.24) is 10.2 Å². The molecule has 0 spiro atoms. The molecule has 1 atom stereocenters. The van der Waals surface area contributed by atoms with Crippen LogP contribution < -0.4 is 5.32 Å². The van der Waals surface area contributed by atoms with Crippen LogP contribution in [0.15, 0.2) is 18.2 Å². The van der Waals surface area contributed by atoms with Crippen molar-refractivity contribution < 1.29 is 8.78 Å². The van der Waals surface area contributed by atoms with Crippen molar-refractivity contribution in [3.8, 4) is 0 Å². The fourth-order valence-corrected chi connectivity index (χ4v) is 2.86. The van der Waals surface area contributed by atoms with Crippen molar-refractivity contribution in [2.24, 2.45) is 5.92 Å². The zero-order chi connectivity index (χ0) is 13.8. The molecule has 0 aliphatic carbocycles. The van der Waals surface area contributed by atoms with Crippen molar-refractivity contribution in [2.75, 3.05) is 26.7 Å². The number of nitrogens with one attached hydrogen (secondary N) is 1. The van der Waals surface area contributed by atoms with Gasteiger partial charge in [0.05, 0.1) is 0 Å². The minimum Gasteiger partial charge on any atom is -0.319 e. The molecule has 19 heavy (non-hydrogen) atoms. The summed E-state index contributed by atoms with van der Waals surface area (Å²) in [5.74, 6) is 0.0189. The number of halogens is 2. The van der Waals surface area contributed by atoms with Gasteiger partial charge in [-0.3, -0.25) is 4.90 Å². The zero-order valence-electron chi connectivity index (χ0n) is 11.6. The summed E-state index contributed by atoms with van der Waals surface area (Å²) in [6.45, 7) is 4.89. The van der Waals surface area contributed by atoms with Crippen LogP contribution in [0.2, 0.25) is 0 Å². The molecule has 1 unspecified atom stereocenters. The molecule has 1 fully saturated rings. The topological polar surface area (TPSA) is 15.3 Å². The molecule has 1 aliphatic rings.